The van der Waals surface area contributed by atoms with E-state index in [0.717, 1.165) is 32.0 Å². The number of nitrogens with one attached hydrogen (secondary N) is 1. The number of aryl methyl sites for hydroxylation is 1. The average molecular weight is 346 g/mol. The highest BCUT2D eigenvalue weighted by molar-refractivity contribution is 7.98. The molecule has 1 heterocycles. The quantitative estimate of drug-likeness (QED) is 0.476. The van der Waals surface area contributed by atoms with Crippen LogP contribution in [0.1, 0.15) is 18.1 Å². The molecule has 130 valence electrons. The van der Waals surface area contributed by atoms with E-state index in [-0.39, 0.29) is 0 Å². The minimum atomic E-state index is 0.754. The molecule has 6 heteroatoms. The Balaban J connectivity index is 1.94. The van der Waals surface area contributed by atoms with Gasteiger partial charge < -0.3 is 10.2 Å². The first-order chi connectivity index (χ1) is 11.6. The standard InChI is InChI=1S/C18H27N5S/c1-5-19-18(20-11-10-16-12-21-23(3)14-16)22(2)13-15-6-8-17(24-4)9-7-15/h6-9,12,14H,5,10-11,13H2,1-4H3,(H,19,20). The van der Waals surface area contributed by atoms with Crippen molar-refractivity contribution in [3.05, 3.63) is 47.8 Å². The van der Waals surface area contributed by atoms with Gasteiger partial charge in [-0.1, -0.05) is 12.1 Å². The predicted octanol–water partition coefficient (Wildman–Crippen LogP) is 2.78. The third-order valence-corrected chi connectivity index (χ3v) is 4.44. The third-order valence-electron chi connectivity index (χ3n) is 3.70. The van der Waals surface area contributed by atoms with Crippen molar-refractivity contribution in [2.24, 2.45) is 12.0 Å². The Morgan fingerprint density at radius 3 is 2.62 bits per heavy atom. The number of thioether (sulfide) groups is 1. The molecule has 0 amide bonds. The van der Waals surface area contributed by atoms with Gasteiger partial charge in [0.2, 0.25) is 0 Å². The zero-order valence-corrected chi connectivity index (χ0v) is 15.8. The minimum Gasteiger partial charge on any atom is -0.357 e. The summed E-state index contributed by atoms with van der Waals surface area (Å²) < 4.78 is 1.83. The van der Waals surface area contributed by atoms with E-state index in [0.29, 0.717) is 0 Å². The van der Waals surface area contributed by atoms with Crippen LogP contribution in [0.15, 0.2) is 46.5 Å². The van der Waals surface area contributed by atoms with Crippen molar-refractivity contribution in [3.8, 4) is 0 Å². The first kappa shape index (κ1) is 18.4. The number of hydrogen-bond acceptors (Lipinski definition) is 3. The van der Waals surface area contributed by atoms with E-state index >= 15 is 0 Å². The number of guanidine groups is 1. The van der Waals surface area contributed by atoms with E-state index in [1.807, 2.05) is 24.1 Å². The van der Waals surface area contributed by atoms with Crippen LogP contribution < -0.4 is 5.32 Å². The molecule has 0 aliphatic carbocycles. The normalized spacial score (nSPS) is 11.6. The molecule has 2 rings (SSSR count). The van der Waals surface area contributed by atoms with Crippen LogP contribution in [0.5, 0.6) is 0 Å². The van der Waals surface area contributed by atoms with Crippen LogP contribution in [0, 0.1) is 0 Å². The molecule has 1 N–H and O–H groups in total. The van der Waals surface area contributed by atoms with Crippen LogP contribution in [0.3, 0.4) is 0 Å². The highest BCUT2D eigenvalue weighted by atomic mass is 32.2. The number of benzene rings is 1. The van der Waals surface area contributed by atoms with Crippen molar-refractivity contribution in [1.29, 1.82) is 0 Å². The van der Waals surface area contributed by atoms with Gasteiger partial charge in [0.05, 0.1) is 6.20 Å². The molecule has 0 spiro atoms. The number of hydrogen-bond donors (Lipinski definition) is 1. The van der Waals surface area contributed by atoms with Crippen LogP contribution in [0.4, 0.5) is 0 Å². The second-order valence-corrected chi connectivity index (χ2v) is 6.59. The monoisotopic (exact) mass is 345 g/mol. The Labute approximate surface area is 149 Å². The zero-order chi connectivity index (χ0) is 17.4. The van der Waals surface area contributed by atoms with E-state index in [1.54, 1.807) is 11.8 Å². The SMILES string of the molecule is CCNC(=NCCc1cnn(C)c1)N(C)Cc1ccc(SC)cc1. The van der Waals surface area contributed by atoms with E-state index in [4.69, 9.17) is 4.99 Å². The molecule has 24 heavy (non-hydrogen) atoms. The Kier molecular flexibility index (Phi) is 7.18. The molecule has 2 aromatic rings. The summed E-state index contributed by atoms with van der Waals surface area (Å²) >= 11 is 1.77. The number of aliphatic imine (C=N–C) groups is 1. The van der Waals surface area contributed by atoms with Gasteiger partial charge in [0, 0.05) is 44.8 Å². The molecule has 0 fully saturated rings. The third kappa shape index (κ3) is 5.60. The maximum absolute atomic E-state index is 4.74. The molecular weight excluding hydrogens is 318 g/mol. The largest absolute Gasteiger partial charge is 0.357 e. The minimum absolute atomic E-state index is 0.754. The van der Waals surface area contributed by atoms with Gasteiger partial charge in [0.1, 0.15) is 0 Å². The molecule has 0 unspecified atom stereocenters. The first-order valence-corrected chi connectivity index (χ1v) is 9.44. The molecule has 1 aromatic carbocycles. The highest BCUT2D eigenvalue weighted by Gasteiger charge is 2.06. The molecule has 0 aliphatic rings. The van der Waals surface area contributed by atoms with Gasteiger partial charge in [-0.3, -0.25) is 9.67 Å². The lowest BCUT2D eigenvalue weighted by atomic mass is 10.2. The fraction of sp³-hybridized carbons (Fsp3) is 0.444. The van der Waals surface area contributed by atoms with Gasteiger partial charge in [-0.05, 0) is 42.9 Å². The van der Waals surface area contributed by atoms with Crippen LogP contribution in [0.2, 0.25) is 0 Å². The smallest absolute Gasteiger partial charge is 0.193 e. The van der Waals surface area contributed by atoms with Crippen LogP contribution >= 0.6 is 11.8 Å². The summed E-state index contributed by atoms with van der Waals surface area (Å²) in [7, 11) is 4.01. The van der Waals surface area contributed by atoms with Crippen molar-refractivity contribution in [2.75, 3.05) is 26.4 Å². The molecular formula is C18H27N5S. The van der Waals surface area contributed by atoms with Crippen LogP contribution in [-0.2, 0) is 20.0 Å². The molecule has 5 nitrogen and oxygen atoms in total. The molecule has 0 aliphatic heterocycles. The van der Waals surface area contributed by atoms with Gasteiger partial charge in [0.15, 0.2) is 5.96 Å². The summed E-state index contributed by atoms with van der Waals surface area (Å²) in [5.41, 5.74) is 2.50. The summed E-state index contributed by atoms with van der Waals surface area (Å²) in [6, 6.07) is 8.70. The molecule has 1 aromatic heterocycles. The maximum Gasteiger partial charge on any atom is 0.193 e. The lowest BCUT2D eigenvalue weighted by Gasteiger charge is -2.22. The van der Waals surface area contributed by atoms with Crippen LogP contribution in [-0.4, -0.2) is 47.0 Å². The molecule has 0 atom stereocenters. The maximum atomic E-state index is 4.74. The van der Waals surface area contributed by atoms with E-state index in [2.05, 4.69) is 59.8 Å². The van der Waals surface area contributed by atoms with E-state index in [1.165, 1.54) is 16.0 Å². The Bertz CT molecular complexity index is 648. The summed E-state index contributed by atoms with van der Waals surface area (Å²) in [6.07, 6.45) is 6.94. The predicted molar refractivity (Wildman–Crippen MR) is 103 cm³/mol. The topological polar surface area (TPSA) is 45.5 Å². The second kappa shape index (κ2) is 9.37. The number of rotatable bonds is 7. The molecule has 0 bridgehead atoms. The summed E-state index contributed by atoms with van der Waals surface area (Å²) in [6.45, 7) is 4.55. The van der Waals surface area contributed by atoms with Crippen molar-refractivity contribution >= 4 is 17.7 Å². The number of nitrogens with zero attached hydrogens (tertiary/aromatic N) is 4. The average Bonchev–Trinajstić information content (AvgIpc) is 3.00. The van der Waals surface area contributed by atoms with E-state index in [9.17, 15) is 0 Å². The lowest BCUT2D eigenvalue weighted by Crippen LogP contribution is -2.38. The van der Waals surface area contributed by atoms with Crippen molar-refractivity contribution < 1.29 is 0 Å². The first-order valence-electron chi connectivity index (χ1n) is 8.22. The molecule has 0 radical (unpaired) electrons. The Hall–Kier alpha value is -1.95. The fourth-order valence-electron chi connectivity index (χ4n) is 2.44. The van der Waals surface area contributed by atoms with Crippen molar-refractivity contribution in [2.45, 2.75) is 24.8 Å². The summed E-state index contributed by atoms with van der Waals surface area (Å²) in [4.78, 5) is 8.20. The number of aromatic nitrogens is 2. The van der Waals surface area contributed by atoms with Gasteiger partial charge in [-0.25, -0.2) is 0 Å². The second-order valence-electron chi connectivity index (χ2n) is 5.71. The zero-order valence-electron chi connectivity index (χ0n) is 15.0. The van der Waals surface area contributed by atoms with Crippen molar-refractivity contribution in [3.63, 3.8) is 0 Å². The highest BCUT2D eigenvalue weighted by Crippen LogP contribution is 2.15. The molecule has 0 saturated heterocycles. The Morgan fingerprint density at radius 1 is 1.29 bits per heavy atom. The molecule has 0 saturated carbocycles. The fourth-order valence-corrected chi connectivity index (χ4v) is 2.85. The summed E-state index contributed by atoms with van der Waals surface area (Å²) in [5.74, 6) is 0.940. The van der Waals surface area contributed by atoms with Crippen molar-refractivity contribution in [1.82, 2.24) is 20.0 Å². The van der Waals surface area contributed by atoms with Gasteiger partial charge in [-0.15, -0.1) is 11.8 Å². The van der Waals surface area contributed by atoms with Gasteiger partial charge >= 0.3 is 0 Å². The lowest BCUT2D eigenvalue weighted by molar-refractivity contribution is 0.477. The van der Waals surface area contributed by atoms with Gasteiger partial charge in [-0.2, -0.15) is 5.10 Å². The van der Waals surface area contributed by atoms with Crippen LogP contribution in [0.25, 0.3) is 0 Å². The Morgan fingerprint density at radius 2 is 2.04 bits per heavy atom. The van der Waals surface area contributed by atoms with Gasteiger partial charge in [0.25, 0.3) is 0 Å². The van der Waals surface area contributed by atoms with E-state index < -0.39 is 0 Å². The summed E-state index contributed by atoms with van der Waals surface area (Å²) in [5, 5.41) is 7.56.